The standard InChI is InChI=1S/C18H20FNOS/c1-2-21-17-9-4-3-8-16(17)18-20(10-11-22-18)13-14-6-5-7-15(19)12-14/h3-9,12,18H,2,10-11,13H2,1H3. The molecule has 1 saturated heterocycles. The molecule has 0 saturated carbocycles. The van der Waals surface area contributed by atoms with Crippen molar-refractivity contribution in [3.63, 3.8) is 0 Å². The van der Waals surface area contributed by atoms with E-state index in [0.29, 0.717) is 6.61 Å². The monoisotopic (exact) mass is 317 g/mol. The molecule has 1 atom stereocenters. The summed E-state index contributed by atoms with van der Waals surface area (Å²) in [4.78, 5) is 2.39. The number of halogens is 1. The quantitative estimate of drug-likeness (QED) is 0.807. The molecule has 22 heavy (non-hydrogen) atoms. The smallest absolute Gasteiger partial charge is 0.124 e. The summed E-state index contributed by atoms with van der Waals surface area (Å²) < 4.78 is 19.1. The molecule has 0 aliphatic carbocycles. The van der Waals surface area contributed by atoms with Gasteiger partial charge < -0.3 is 4.74 Å². The molecule has 0 N–H and O–H groups in total. The van der Waals surface area contributed by atoms with Gasteiger partial charge in [-0.15, -0.1) is 11.8 Å². The van der Waals surface area contributed by atoms with Crippen molar-refractivity contribution in [1.29, 1.82) is 0 Å². The first kappa shape index (κ1) is 15.4. The SMILES string of the molecule is CCOc1ccccc1C1SCCN1Cc1cccc(F)c1. The highest BCUT2D eigenvalue weighted by Gasteiger charge is 2.28. The fraction of sp³-hybridized carbons (Fsp3) is 0.333. The minimum atomic E-state index is -0.171. The second kappa shape index (κ2) is 7.16. The van der Waals surface area contributed by atoms with Crippen LogP contribution < -0.4 is 4.74 Å². The lowest BCUT2D eigenvalue weighted by Gasteiger charge is -2.25. The number of hydrogen-bond acceptors (Lipinski definition) is 3. The van der Waals surface area contributed by atoms with E-state index in [9.17, 15) is 4.39 Å². The maximum absolute atomic E-state index is 13.4. The lowest BCUT2D eigenvalue weighted by atomic mass is 10.1. The van der Waals surface area contributed by atoms with E-state index in [1.54, 1.807) is 12.1 Å². The minimum Gasteiger partial charge on any atom is -0.494 e. The van der Waals surface area contributed by atoms with Crippen molar-refractivity contribution in [3.05, 3.63) is 65.5 Å². The molecule has 1 heterocycles. The Morgan fingerprint density at radius 2 is 2.09 bits per heavy atom. The number of rotatable bonds is 5. The van der Waals surface area contributed by atoms with Gasteiger partial charge in [-0.2, -0.15) is 0 Å². The molecule has 116 valence electrons. The van der Waals surface area contributed by atoms with Gasteiger partial charge >= 0.3 is 0 Å². The molecule has 1 unspecified atom stereocenters. The number of para-hydroxylation sites is 1. The molecule has 1 fully saturated rings. The van der Waals surface area contributed by atoms with Crippen molar-refractivity contribution in [2.24, 2.45) is 0 Å². The Hall–Kier alpha value is -1.52. The van der Waals surface area contributed by atoms with Crippen LogP contribution in [0.3, 0.4) is 0 Å². The second-order valence-corrected chi connectivity index (χ2v) is 6.48. The third-order valence-electron chi connectivity index (χ3n) is 3.75. The van der Waals surface area contributed by atoms with E-state index in [0.717, 1.165) is 30.2 Å². The Balaban J connectivity index is 1.81. The largest absolute Gasteiger partial charge is 0.494 e. The first-order chi connectivity index (χ1) is 10.8. The third-order valence-corrected chi connectivity index (χ3v) is 5.03. The maximum atomic E-state index is 13.4. The van der Waals surface area contributed by atoms with Crippen LogP contribution in [0.25, 0.3) is 0 Å². The van der Waals surface area contributed by atoms with Gasteiger partial charge in [0.15, 0.2) is 0 Å². The van der Waals surface area contributed by atoms with E-state index in [2.05, 4.69) is 17.0 Å². The summed E-state index contributed by atoms with van der Waals surface area (Å²) in [6.07, 6.45) is 0. The highest BCUT2D eigenvalue weighted by molar-refractivity contribution is 7.99. The van der Waals surface area contributed by atoms with Crippen LogP contribution in [-0.2, 0) is 6.54 Å². The van der Waals surface area contributed by atoms with E-state index in [-0.39, 0.29) is 11.2 Å². The summed E-state index contributed by atoms with van der Waals surface area (Å²) in [6.45, 7) is 4.43. The van der Waals surface area contributed by atoms with Gasteiger partial charge in [-0.25, -0.2) is 4.39 Å². The van der Waals surface area contributed by atoms with Crippen LogP contribution in [0.15, 0.2) is 48.5 Å². The van der Waals surface area contributed by atoms with Crippen LogP contribution in [0, 0.1) is 5.82 Å². The van der Waals surface area contributed by atoms with Gasteiger partial charge in [-0.3, -0.25) is 4.90 Å². The van der Waals surface area contributed by atoms with Crippen LogP contribution in [-0.4, -0.2) is 23.8 Å². The fourth-order valence-electron chi connectivity index (χ4n) is 2.79. The van der Waals surface area contributed by atoms with Crippen molar-refractivity contribution in [1.82, 2.24) is 4.90 Å². The summed E-state index contributed by atoms with van der Waals surface area (Å²) in [7, 11) is 0. The van der Waals surface area contributed by atoms with Gasteiger partial charge in [0.25, 0.3) is 0 Å². The molecule has 2 aromatic carbocycles. The van der Waals surface area contributed by atoms with Crippen molar-refractivity contribution in [2.75, 3.05) is 18.9 Å². The molecule has 0 aromatic heterocycles. The third kappa shape index (κ3) is 3.45. The van der Waals surface area contributed by atoms with Crippen molar-refractivity contribution >= 4 is 11.8 Å². The lowest BCUT2D eigenvalue weighted by Crippen LogP contribution is -2.23. The summed E-state index contributed by atoms with van der Waals surface area (Å²) in [5, 5.41) is 0.269. The molecule has 1 aliphatic rings. The maximum Gasteiger partial charge on any atom is 0.124 e. The number of nitrogens with zero attached hydrogens (tertiary/aromatic N) is 1. The molecule has 0 radical (unpaired) electrons. The normalized spacial score (nSPS) is 18.5. The van der Waals surface area contributed by atoms with Crippen LogP contribution in [0.2, 0.25) is 0 Å². The van der Waals surface area contributed by atoms with Gasteiger partial charge in [-0.05, 0) is 30.7 Å². The molecule has 2 nitrogen and oxygen atoms in total. The summed E-state index contributed by atoms with van der Waals surface area (Å²) in [5.41, 5.74) is 2.23. The molecule has 0 amide bonds. The van der Waals surface area contributed by atoms with Crippen molar-refractivity contribution in [2.45, 2.75) is 18.8 Å². The Morgan fingerprint density at radius 3 is 2.91 bits per heavy atom. The highest BCUT2D eigenvalue weighted by Crippen LogP contribution is 2.42. The van der Waals surface area contributed by atoms with Gasteiger partial charge in [0.1, 0.15) is 11.6 Å². The van der Waals surface area contributed by atoms with Crippen LogP contribution in [0.5, 0.6) is 5.75 Å². The number of benzene rings is 2. The summed E-state index contributed by atoms with van der Waals surface area (Å²) in [5.74, 6) is 1.87. The summed E-state index contributed by atoms with van der Waals surface area (Å²) >= 11 is 1.92. The van der Waals surface area contributed by atoms with Crippen molar-refractivity contribution < 1.29 is 9.13 Å². The van der Waals surface area contributed by atoms with Gasteiger partial charge in [-0.1, -0.05) is 30.3 Å². The fourth-order valence-corrected chi connectivity index (χ4v) is 4.12. The van der Waals surface area contributed by atoms with E-state index < -0.39 is 0 Å². The van der Waals surface area contributed by atoms with E-state index >= 15 is 0 Å². The molecule has 2 aromatic rings. The Morgan fingerprint density at radius 1 is 1.23 bits per heavy atom. The van der Waals surface area contributed by atoms with E-state index in [4.69, 9.17) is 4.74 Å². The summed E-state index contributed by atoms with van der Waals surface area (Å²) in [6, 6.07) is 15.1. The van der Waals surface area contributed by atoms with Gasteiger partial charge in [0.05, 0.1) is 12.0 Å². The zero-order chi connectivity index (χ0) is 15.4. The van der Waals surface area contributed by atoms with E-state index in [1.807, 2.05) is 36.9 Å². The second-order valence-electron chi connectivity index (χ2n) is 5.29. The first-order valence-electron chi connectivity index (χ1n) is 7.59. The Labute approximate surface area is 135 Å². The molecule has 0 bridgehead atoms. The molecular formula is C18H20FNOS. The van der Waals surface area contributed by atoms with Crippen molar-refractivity contribution in [3.8, 4) is 5.75 Å². The molecule has 1 aliphatic heterocycles. The average Bonchev–Trinajstić information content (AvgIpc) is 2.96. The van der Waals surface area contributed by atoms with E-state index in [1.165, 1.54) is 11.6 Å². The van der Waals surface area contributed by atoms with Crippen LogP contribution in [0.4, 0.5) is 4.39 Å². The predicted molar refractivity (Wildman–Crippen MR) is 89.6 cm³/mol. The number of hydrogen-bond donors (Lipinski definition) is 0. The zero-order valence-corrected chi connectivity index (χ0v) is 13.5. The Bertz CT molecular complexity index is 634. The van der Waals surface area contributed by atoms with Crippen LogP contribution in [0.1, 0.15) is 23.4 Å². The predicted octanol–water partition coefficient (Wildman–Crippen LogP) is 4.47. The number of thioether (sulfide) groups is 1. The van der Waals surface area contributed by atoms with Gasteiger partial charge in [0, 0.05) is 24.4 Å². The first-order valence-corrected chi connectivity index (χ1v) is 8.64. The Kier molecular flexibility index (Phi) is 5.01. The molecular weight excluding hydrogens is 297 g/mol. The highest BCUT2D eigenvalue weighted by atomic mass is 32.2. The molecule has 3 rings (SSSR count). The molecule has 4 heteroatoms. The molecule has 0 spiro atoms. The van der Waals surface area contributed by atoms with Gasteiger partial charge in [0.2, 0.25) is 0 Å². The lowest BCUT2D eigenvalue weighted by molar-refractivity contribution is 0.270. The zero-order valence-electron chi connectivity index (χ0n) is 12.7. The van der Waals surface area contributed by atoms with Crippen LogP contribution >= 0.6 is 11.8 Å². The number of ether oxygens (including phenoxy) is 1. The average molecular weight is 317 g/mol. The topological polar surface area (TPSA) is 12.5 Å². The minimum absolute atomic E-state index is 0.171.